The fourth-order valence-electron chi connectivity index (χ4n) is 4.78. The van der Waals surface area contributed by atoms with Crippen molar-refractivity contribution in [3.8, 4) is 0 Å². The number of benzene rings is 2. The molecule has 0 aromatic heterocycles. The van der Waals surface area contributed by atoms with Crippen LogP contribution in [0.5, 0.6) is 0 Å². The van der Waals surface area contributed by atoms with E-state index in [0.29, 0.717) is 13.0 Å². The summed E-state index contributed by atoms with van der Waals surface area (Å²) in [6.45, 7) is 5.24. The first-order valence-electron chi connectivity index (χ1n) is 10.4. The van der Waals surface area contributed by atoms with Crippen LogP contribution in [0.4, 0.5) is 8.78 Å². The molecule has 4 rings (SSSR count). The number of piperazine rings is 1. The molecule has 2 fully saturated rings. The van der Waals surface area contributed by atoms with Crippen LogP contribution < -0.4 is 0 Å². The molecule has 2 aromatic carbocycles. The van der Waals surface area contributed by atoms with Gasteiger partial charge in [-0.1, -0.05) is 24.3 Å². The van der Waals surface area contributed by atoms with E-state index in [-0.39, 0.29) is 11.7 Å². The van der Waals surface area contributed by atoms with Gasteiger partial charge in [0.2, 0.25) is 0 Å². The number of ketones is 1. The zero-order valence-electron chi connectivity index (χ0n) is 17.5. The minimum absolute atomic E-state index is 0.232. The second-order valence-corrected chi connectivity index (χ2v) is 8.02. The van der Waals surface area contributed by atoms with E-state index in [1.165, 1.54) is 36.2 Å². The van der Waals surface area contributed by atoms with Crippen LogP contribution in [-0.4, -0.2) is 52.1 Å². The number of carbonyl (C=O) groups excluding carboxylic acids is 2. The van der Waals surface area contributed by atoms with Crippen molar-refractivity contribution < 1.29 is 23.5 Å². The number of rotatable bonds is 5. The van der Waals surface area contributed by atoms with Gasteiger partial charge in [-0.3, -0.25) is 14.6 Å². The summed E-state index contributed by atoms with van der Waals surface area (Å²) in [6.07, 6.45) is 1.42. The predicted octanol–water partition coefficient (Wildman–Crippen LogP) is 3.75. The lowest BCUT2D eigenvalue weighted by Gasteiger charge is -2.47. The number of hydrazone groups is 1. The average Bonchev–Trinajstić information content (AvgIpc) is 3.27. The maximum Gasteiger partial charge on any atom is 0.276 e. The Bertz CT molecular complexity index is 1040. The third-order valence-corrected chi connectivity index (χ3v) is 6.18. The molecule has 1 amide bonds. The third kappa shape index (κ3) is 3.66. The number of fused-ring (bicyclic) bond motifs is 1. The molecule has 2 aliphatic rings. The number of halogens is 2. The number of Topliss-reactive ketones (excluding diaryl/α,β-unsaturated/α-hetero) is 1. The molecule has 1 N–H and O–H groups in total. The molecule has 0 spiro atoms. The molecule has 2 aromatic rings. The fourth-order valence-corrected chi connectivity index (χ4v) is 4.78. The van der Waals surface area contributed by atoms with Crippen LogP contribution in [0.15, 0.2) is 65.1 Å². The summed E-state index contributed by atoms with van der Waals surface area (Å²) in [5.74, 6) is -3.12. The van der Waals surface area contributed by atoms with E-state index in [0.717, 1.165) is 17.5 Å². The summed E-state index contributed by atoms with van der Waals surface area (Å²) in [4.78, 5) is 26.8. The minimum atomic E-state index is -0.685. The van der Waals surface area contributed by atoms with Crippen LogP contribution in [0.1, 0.15) is 36.8 Å². The highest BCUT2D eigenvalue weighted by atomic mass is 19.1. The summed E-state index contributed by atoms with van der Waals surface area (Å²) >= 11 is 0. The summed E-state index contributed by atoms with van der Waals surface area (Å²) in [6, 6.07) is 11.0. The Morgan fingerprint density at radius 1 is 1.09 bits per heavy atom. The number of aliphatic hydroxyl groups excluding tert-OH is 1. The van der Waals surface area contributed by atoms with Crippen molar-refractivity contribution in [1.29, 1.82) is 0 Å². The lowest BCUT2D eigenvalue weighted by atomic mass is 9.79. The van der Waals surface area contributed by atoms with Gasteiger partial charge < -0.3 is 10.0 Å². The van der Waals surface area contributed by atoms with E-state index < -0.39 is 41.0 Å². The molecule has 8 heteroatoms. The number of nitrogens with zero attached hydrogens (tertiary/aromatic N) is 3. The summed E-state index contributed by atoms with van der Waals surface area (Å²) in [5.41, 5.74) is 1.21. The van der Waals surface area contributed by atoms with Gasteiger partial charge in [-0.25, -0.2) is 8.78 Å². The van der Waals surface area contributed by atoms with Crippen molar-refractivity contribution in [2.75, 3.05) is 6.54 Å². The van der Waals surface area contributed by atoms with Crippen molar-refractivity contribution in [3.05, 3.63) is 82.7 Å². The zero-order valence-corrected chi connectivity index (χ0v) is 17.5. The van der Waals surface area contributed by atoms with E-state index in [1.54, 1.807) is 29.2 Å². The molecule has 0 aliphatic carbocycles. The minimum Gasteiger partial charge on any atom is -0.503 e. The predicted molar refractivity (Wildman–Crippen MR) is 115 cm³/mol. The normalized spacial score (nSPS) is 22.2. The second kappa shape index (κ2) is 8.53. The van der Waals surface area contributed by atoms with Gasteiger partial charge in [0.1, 0.15) is 11.6 Å². The Balaban J connectivity index is 1.94. The molecule has 0 saturated carbocycles. The van der Waals surface area contributed by atoms with Crippen molar-refractivity contribution in [3.63, 3.8) is 0 Å². The van der Waals surface area contributed by atoms with Crippen LogP contribution in [0.3, 0.4) is 0 Å². The third-order valence-electron chi connectivity index (χ3n) is 6.18. The van der Waals surface area contributed by atoms with Crippen molar-refractivity contribution in [1.82, 2.24) is 9.91 Å². The molecule has 32 heavy (non-hydrogen) atoms. The number of hydrogen-bond acceptors (Lipinski definition) is 5. The summed E-state index contributed by atoms with van der Waals surface area (Å²) in [7, 11) is 0. The number of allylic oxidation sites excluding steroid dienone is 1. The Labute approximate surface area is 184 Å². The first kappa shape index (κ1) is 21.7. The summed E-state index contributed by atoms with van der Waals surface area (Å²) in [5, 5.41) is 15.9. The topological polar surface area (TPSA) is 73.2 Å². The van der Waals surface area contributed by atoms with Crippen LogP contribution >= 0.6 is 0 Å². The van der Waals surface area contributed by atoms with E-state index in [2.05, 4.69) is 11.8 Å². The van der Waals surface area contributed by atoms with Gasteiger partial charge in [-0.05, 0) is 48.2 Å². The van der Waals surface area contributed by atoms with E-state index in [9.17, 15) is 23.5 Å². The highest BCUT2D eigenvalue weighted by molar-refractivity contribution is 6.03. The lowest BCUT2D eigenvalue weighted by molar-refractivity contribution is -0.136. The van der Waals surface area contributed by atoms with Crippen LogP contribution in [0.2, 0.25) is 0 Å². The maximum absolute atomic E-state index is 13.7. The largest absolute Gasteiger partial charge is 0.503 e. The second-order valence-electron chi connectivity index (χ2n) is 8.02. The average molecular weight is 439 g/mol. The molecule has 0 radical (unpaired) electrons. The molecular formula is C24H23F2N3O3. The Kier molecular flexibility index (Phi) is 5.78. The van der Waals surface area contributed by atoms with E-state index in [1.807, 2.05) is 0 Å². The van der Waals surface area contributed by atoms with Gasteiger partial charge in [0.25, 0.3) is 5.91 Å². The highest BCUT2D eigenvalue weighted by Crippen LogP contribution is 2.43. The summed E-state index contributed by atoms with van der Waals surface area (Å²) < 4.78 is 27.4. The van der Waals surface area contributed by atoms with Gasteiger partial charge >= 0.3 is 0 Å². The number of aliphatic hydroxyl groups is 1. The van der Waals surface area contributed by atoms with Crippen LogP contribution in [0.25, 0.3) is 0 Å². The smallest absolute Gasteiger partial charge is 0.276 e. The number of amides is 1. The molecule has 166 valence electrons. The maximum atomic E-state index is 13.7. The van der Waals surface area contributed by atoms with Gasteiger partial charge in [0.15, 0.2) is 17.2 Å². The molecule has 2 atom stereocenters. The first-order chi connectivity index (χ1) is 15.3. The van der Waals surface area contributed by atoms with Crippen molar-refractivity contribution in [2.24, 2.45) is 5.10 Å². The van der Waals surface area contributed by atoms with Gasteiger partial charge in [-0.15, -0.1) is 0 Å². The number of carbonyl (C=O) groups is 2. The Morgan fingerprint density at radius 2 is 1.62 bits per heavy atom. The van der Waals surface area contributed by atoms with Crippen LogP contribution in [-0.2, 0) is 9.59 Å². The highest BCUT2D eigenvalue weighted by Gasteiger charge is 2.51. The quantitative estimate of drug-likeness (QED) is 0.438. The van der Waals surface area contributed by atoms with Gasteiger partial charge in [0, 0.05) is 26.1 Å². The van der Waals surface area contributed by atoms with E-state index in [4.69, 9.17) is 0 Å². The van der Waals surface area contributed by atoms with Gasteiger partial charge in [-0.2, -0.15) is 5.10 Å². The molecule has 2 saturated heterocycles. The fraction of sp³-hybridized carbons (Fsp3) is 0.292. The van der Waals surface area contributed by atoms with Crippen molar-refractivity contribution >= 4 is 18.4 Å². The molecular weight excluding hydrogens is 416 g/mol. The first-order valence-corrected chi connectivity index (χ1v) is 10.4. The Hall–Kier alpha value is -3.55. The standard InChI is InChI=1S/C24H23F2N3O3/c1-14(30)23(31)22-24(32)28-13-3-4-19(28)21(29(22)27-2)20(15-5-9-17(25)10-6-15)16-7-11-18(26)12-8-16/h5-12,19-21,31H,2-4,13H2,1H3/b23-22+/t19-,21-/m1/s1. The molecule has 0 bridgehead atoms. The van der Waals surface area contributed by atoms with Gasteiger partial charge in [0.05, 0.1) is 12.1 Å². The molecule has 0 unspecified atom stereocenters. The molecule has 2 aliphatic heterocycles. The lowest BCUT2D eigenvalue weighted by Crippen LogP contribution is -2.59. The molecule has 2 heterocycles. The molecule has 6 nitrogen and oxygen atoms in total. The monoisotopic (exact) mass is 439 g/mol. The number of hydrogen-bond donors (Lipinski definition) is 1. The van der Waals surface area contributed by atoms with E-state index >= 15 is 0 Å². The Morgan fingerprint density at radius 3 is 2.09 bits per heavy atom. The zero-order chi connectivity index (χ0) is 23.0. The van der Waals surface area contributed by atoms with Crippen LogP contribution in [0, 0.1) is 11.6 Å². The van der Waals surface area contributed by atoms with Crippen molar-refractivity contribution in [2.45, 2.75) is 37.8 Å². The SMILES string of the molecule is C=NN1/C(=C(/O)C(C)=O)C(=O)N2CCC[C@@H]2[C@@H]1C(c1ccc(F)cc1)c1ccc(F)cc1.